The molecular formula is C11H14N2. The molecule has 13 heavy (non-hydrogen) atoms. The Bertz CT molecular complexity index is 427. The van der Waals surface area contributed by atoms with E-state index in [4.69, 9.17) is 0 Å². The second kappa shape index (κ2) is 2.87. The van der Waals surface area contributed by atoms with Crippen LogP contribution in [-0.2, 0) is 0 Å². The van der Waals surface area contributed by atoms with Crippen LogP contribution in [0.25, 0.3) is 10.9 Å². The van der Waals surface area contributed by atoms with Gasteiger partial charge in [-0.15, -0.1) is 0 Å². The molecule has 0 spiro atoms. The first kappa shape index (κ1) is 8.30. The molecule has 0 fully saturated rings. The first-order valence-corrected chi connectivity index (χ1v) is 4.64. The van der Waals surface area contributed by atoms with E-state index >= 15 is 0 Å². The van der Waals surface area contributed by atoms with Gasteiger partial charge in [0.25, 0.3) is 0 Å². The lowest BCUT2D eigenvalue weighted by Gasteiger charge is -2.06. The first-order chi connectivity index (χ1) is 6.20. The van der Waals surface area contributed by atoms with Crippen molar-refractivity contribution in [1.82, 2.24) is 9.78 Å². The van der Waals surface area contributed by atoms with Gasteiger partial charge >= 0.3 is 0 Å². The lowest BCUT2D eigenvalue weighted by atomic mass is 10.2. The van der Waals surface area contributed by atoms with E-state index in [0.29, 0.717) is 6.04 Å². The summed E-state index contributed by atoms with van der Waals surface area (Å²) < 4.78 is 2.07. The van der Waals surface area contributed by atoms with Gasteiger partial charge in [0.2, 0.25) is 0 Å². The lowest BCUT2D eigenvalue weighted by molar-refractivity contribution is 0.524. The number of hydrogen-bond donors (Lipinski definition) is 0. The van der Waals surface area contributed by atoms with Crippen LogP contribution in [0.15, 0.2) is 24.3 Å². The summed E-state index contributed by atoms with van der Waals surface area (Å²) in [6.45, 7) is 6.42. The fourth-order valence-corrected chi connectivity index (χ4v) is 1.68. The van der Waals surface area contributed by atoms with Crippen LogP contribution in [0.2, 0.25) is 0 Å². The van der Waals surface area contributed by atoms with E-state index < -0.39 is 0 Å². The molecule has 0 amide bonds. The van der Waals surface area contributed by atoms with E-state index in [0.717, 1.165) is 5.52 Å². The molecule has 2 rings (SSSR count). The Kier molecular flexibility index (Phi) is 1.83. The normalized spacial score (nSPS) is 11.4. The van der Waals surface area contributed by atoms with Gasteiger partial charge in [0, 0.05) is 17.1 Å². The van der Waals surface area contributed by atoms with Crippen molar-refractivity contribution >= 4 is 10.9 Å². The predicted octanol–water partition coefficient (Wildman–Crippen LogP) is 2.93. The van der Waals surface area contributed by atoms with E-state index in [1.54, 1.807) is 0 Å². The summed E-state index contributed by atoms with van der Waals surface area (Å²) >= 11 is 0. The molecule has 0 aliphatic carbocycles. The van der Waals surface area contributed by atoms with Gasteiger partial charge < -0.3 is 0 Å². The molecule has 0 saturated carbocycles. The first-order valence-electron chi connectivity index (χ1n) is 4.64. The second-order valence-electron chi connectivity index (χ2n) is 3.64. The smallest absolute Gasteiger partial charge is 0.0926 e. The van der Waals surface area contributed by atoms with Crippen molar-refractivity contribution < 1.29 is 0 Å². The summed E-state index contributed by atoms with van der Waals surface area (Å²) in [5.74, 6) is 0. The zero-order valence-electron chi connectivity index (χ0n) is 8.28. The van der Waals surface area contributed by atoms with Crippen LogP contribution in [0.1, 0.15) is 25.6 Å². The molecule has 0 unspecified atom stereocenters. The van der Waals surface area contributed by atoms with Crippen molar-refractivity contribution in [3.05, 3.63) is 30.0 Å². The van der Waals surface area contributed by atoms with Crippen LogP contribution >= 0.6 is 0 Å². The zero-order valence-corrected chi connectivity index (χ0v) is 8.28. The monoisotopic (exact) mass is 174 g/mol. The molecule has 0 saturated heterocycles. The highest BCUT2D eigenvalue weighted by Gasteiger charge is 2.07. The van der Waals surface area contributed by atoms with Gasteiger partial charge in [-0.05, 0) is 26.8 Å². The van der Waals surface area contributed by atoms with E-state index in [1.165, 1.54) is 11.1 Å². The number of rotatable bonds is 1. The highest BCUT2D eigenvalue weighted by atomic mass is 15.3. The Morgan fingerprint density at radius 2 is 1.92 bits per heavy atom. The van der Waals surface area contributed by atoms with Crippen molar-refractivity contribution in [2.45, 2.75) is 26.8 Å². The SMILES string of the molecule is Cc1c2ccccc2nn1C(C)C. The molecule has 2 aromatic rings. The Morgan fingerprint density at radius 3 is 2.54 bits per heavy atom. The van der Waals surface area contributed by atoms with E-state index in [1.807, 2.05) is 6.07 Å². The summed E-state index contributed by atoms with van der Waals surface area (Å²) in [4.78, 5) is 0. The summed E-state index contributed by atoms with van der Waals surface area (Å²) in [5.41, 5.74) is 2.35. The fraction of sp³-hybridized carbons (Fsp3) is 0.364. The van der Waals surface area contributed by atoms with Gasteiger partial charge in [-0.3, -0.25) is 4.68 Å². The third-order valence-corrected chi connectivity index (χ3v) is 2.34. The van der Waals surface area contributed by atoms with Crippen LogP contribution in [0.3, 0.4) is 0 Å². The Labute approximate surface area is 78.2 Å². The van der Waals surface area contributed by atoms with Crippen LogP contribution in [0.5, 0.6) is 0 Å². The van der Waals surface area contributed by atoms with Gasteiger partial charge in [-0.1, -0.05) is 18.2 Å². The minimum absolute atomic E-state index is 0.437. The van der Waals surface area contributed by atoms with Crippen LogP contribution in [-0.4, -0.2) is 9.78 Å². The second-order valence-corrected chi connectivity index (χ2v) is 3.64. The zero-order chi connectivity index (χ0) is 9.42. The van der Waals surface area contributed by atoms with Crippen molar-refractivity contribution in [1.29, 1.82) is 0 Å². The molecule has 2 nitrogen and oxygen atoms in total. The number of nitrogens with zero attached hydrogens (tertiary/aromatic N) is 2. The standard InChI is InChI=1S/C11H14N2/c1-8(2)13-9(3)10-6-4-5-7-11(10)12-13/h4-8H,1-3H3. The molecule has 1 aromatic heterocycles. The van der Waals surface area contributed by atoms with Crippen molar-refractivity contribution in [3.63, 3.8) is 0 Å². The quantitative estimate of drug-likeness (QED) is 0.650. The molecule has 0 atom stereocenters. The molecule has 0 aliphatic heterocycles. The van der Waals surface area contributed by atoms with Gasteiger partial charge in [0.1, 0.15) is 0 Å². The van der Waals surface area contributed by atoms with Crippen molar-refractivity contribution in [2.24, 2.45) is 0 Å². The van der Waals surface area contributed by atoms with E-state index in [-0.39, 0.29) is 0 Å². The molecule has 2 heteroatoms. The van der Waals surface area contributed by atoms with E-state index in [9.17, 15) is 0 Å². The summed E-state index contributed by atoms with van der Waals surface area (Å²) in [5, 5.41) is 5.79. The molecule has 0 bridgehead atoms. The van der Waals surface area contributed by atoms with Gasteiger partial charge in [0.05, 0.1) is 5.52 Å². The van der Waals surface area contributed by atoms with Crippen LogP contribution < -0.4 is 0 Å². The summed E-state index contributed by atoms with van der Waals surface area (Å²) in [7, 11) is 0. The number of benzene rings is 1. The minimum Gasteiger partial charge on any atom is -0.266 e. The van der Waals surface area contributed by atoms with Gasteiger partial charge in [-0.25, -0.2) is 0 Å². The molecule has 0 radical (unpaired) electrons. The number of fused-ring (bicyclic) bond motifs is 1. The summed E-state index contributed by atoms with van der Waals surface area (Å²) in [6.07, 6.45) is 0. The third-order valence-electron chi connectivity index (χ3n) is 2.34. The Morgan fingerprint density at radius 1 is 1.23 bits per heavy atom. The number of aryl methyl sites for hydroxylation is 1. The summed E-state index contributed by atoms with van der Waals surface area (Å²) in [6, 6.07) is 8.70. The fourth-order valence-electron chi connectivity index (χ4n) is 1.68. The van der Waals surface area contributed by atoms with Crippen LogP contribution in [0.4, 0.5) is 0 Å². The molecular weight excluding hydrogens is 160 g/mol. The highest BCUT2D eigenvalue weighted by molar-refractivity contribution is 5.81. The topological polar surface area (TPSA) is 17.8 Å². The largest absolute Gasteiger partial charge is 0.266 e. The molecule has 1 aromatic carbocycles. The van der Waals surface area contributed by atoms with Crippen molar-refractivity contribution in [2.75, 3.05) is 0 Å². The average Bonchev–Trinajstić information content (AvgIpc) is 2.45. The average molecular weight is 174 g/mol. The maximum absolute atomic E-state index is 4.53. The predicted molar refractivity (Wildman–Crippen MR) is 54.9 cm³/mol. The van der Waals surface area contributed by atoms with Gasteiger partial charge in [0.15, 0.2) is 0 Å². The maximum Gasteiger partial charge on any atom is 0.0926 e. The molecule has 68 valence electrons. The number of hydrogen-bond acceptors (Lipinski definition) is 1. The minimum atomic E-state index is 0.437. The lowest BCUT2D eigenvalue weighted by Crippen LogP contribution is -2.04. The van der Waals surface area contributed by atoms with Crippen LogP contribution in [0, 0.1) is 6.92 Å². The van der Waals surface area contributed by atoms with Crippen molar-refractivity contribution in [3.8, 4) is 0 Å². The molecule has 0 aliphatic rings. The molecule has 0 N–H and O–H groups in total. The molecule has 1 heterocycles. The van der Waals surface area contributed by atoms with E-state index in [2.05, 4.69) is 48.8 Å². The third kappa shape index (κ3) is 1.22. The van der Waals surface area contributed by atoms with Gasteiger partial charge in [-0.2, -0.15) is 5.10 Å². The number of aromatic nitrogens is 2. The Balaban J connectivity index is 2.74. The maximum atomic E-state index is 4.53. The Hall–Kier alpha value is -1.31. The highest BCUT2D eigenvalue weighted by Crippen LogP contribution is 2.19.